The minimum Gasteiger partial charge on any atom is -0.395 e. The molecule has 2 heterocycles. The third kappa shape index (κ3) is 1.26. The van der Waals surface area contributed by atoms with E-state index >= 15 is 0 Å². The number of hydrogen-bond acceptors (Lipinski definition) is 4. The second kappa shape index (κ2) is 3.50. The summed E-state index contributed by atoms with van der Waals surface area (Å²) in [5.41, 5.74) is 9.87. The quantitative estimate of drug-likeness (QED) is 0.757. The van der Waals surface area contributed by atoms with Gasteiger partial charge in [0.05, 0.1) is 16.4 Å². The molecule has 0 saturated heterocycles. The highest BCUT2D eigenvalue weighted by Gasteiger charge is 2.33. The van der Waals surface area contributed by atoms with Gasteiger partial charge in [0.25, 0.3) is 0 Å². The topological polar surface area (TPSA) is 60.4 Å². The Labute approximate surface area is 104 Å². The molecule has 0 unspecified atom stereocenters. The van der Waals surface area contributed by atoms with Crippen molar-refractivity contribution in [3.8, 4) is 0 Å². The minimum absolute atomic E-state index is 0.0788. The zero-order valence-electron chi connectivity index (χ0n) is 9.78. The molecule has 1 aliphatic heterocycles. The van der Waals surface area contributed by atoms with Gasteiger partial charge in [-0.1, -0.05) is 0 Å². The molecule has 4 nitrogen and oxygen atoms in total. The van der Waals surface area contributed by atoms with Crippen molar-refractivity contribution in [1.29, 1.82) is 0 Å². The molecule has 0 amide bonds. The van der Waals surface area contributed by atoms with Crippen molar-refractivity contribution >= 4 is 23.3 Å². The molecule has 0 aromatic carbocycles. The maximum Gasteiger partial charge on any atom is 0.225 e. The molecule has 1 aromatic heterocycles. The fraction of sp³-hybridized carbons (Fsp3) is 0.333. The summed E-state index contributed by atoms with van der Waals surface area (Å²) in [6.45, 7) is 0.775. The van der Waals surface area contributed by atoms with Gasteiger partial charge in [-0.15, -0.1) is 11.8 Å². The summed E-state index contributed by atoms with van der Waals surface area (Å²) in [7, 11) is 1.92. The maximum absolute atomic E-state index is 12.1. The van der Waals surface area contributed by atoms with E-state index in [0.717, 1.165) is 29.3 Å². The molecular weight excluding hydrogens is 234 g/mol. The molecule has 0 spiro atoms. The van der Waals surface area contributed by atoms with Crippen LogP contribution in [0.1, 0.15) is 21.6 Å². The van der Waals surface area contributed by atoms with Crippen LogP contribution in [0.25, 0.3) is 0 Å². The van der Waals surface area contributed by atoms with Gasteiger partial charge in [-0.3, -0.25) is 9.79 Å². The number of hydrogen-bond donors (Lipinski definition) is 1. The van der Waals surface area contributed by atoms with Gasteiger partial charge < -0.3 is 10.3 Å². The van der Waals surface area contributed by atoms with Crippen molar-refractivity contribution in [1.82, 2.24) is 4.57 Å². The molecule has 3 rings (SSSR count). The molecule has 0 bridgehead atoms. The number of allylic oxidation sites excluding steroid dienone is 2. The Hall–Kier alpha value is -1.49. The van der Waals surface area contributed by atoms with E-state index in [0.29, 0.717) is 5.69 Å². The van der Waals surface area contributed by atoms with Gasteiger partial charge in [-0.05, 0) is 24.3 Å². The fourth-order valence-corrected chi connectivity index (χ4v) is 3.41. The molecular formula is C12H13N3OS. The van der Waals surface area contributed by atoms with Crippen LogP contribution >= 0.6 is 11.8 Å². The molecule has 0 saturated carbocycles. The van der Waals surface area contributed by atoms with Crippen molar-refractivity contribution in [2.24, 2.45) is 17.8 Å². The zero-order chi connectivity index (χ0) is 12.2. The van der Waals surface area contributed by atoms with Crippen LogP contribution in [0.15, 0.2) is 21.8 Å². The Morgan fingerprint density at radius 1 is 1.53 bits per heavy atom. The summed E-state index contributed by atoms with van der Waals surface area (Å²) in [5, 5.41) is 1.15. The molecule has 0 atom stereocenters. The monoisotopic (exact) mass is 247 g/mol. The van der Waals surface area contributed by atoms with Crippen molar-refractivity contribution in [2.45, 2.75) is 11.4 Å². The van der Waals surface area contributed by atoms with Crippen LogP contribution in [0, 0.1) is 0 Å². The largest absolute Gasteiger partial charge is 0.395 e. The van der Waals surface area contributed by atoms with Gasteiger partial charge in [0.1, 0.15) is 5.69 Å². The van der Waals surface area contributed by atoms with Crippen molar-refractivity contribution in [3.05, 3.63) is 28.6 Å². The average molecular weight is 247 g/mol. The summed E-state index contributed by atoms with van der Waals surface area (Å²) in [6, 6.07) is 0. The predicted octanol–water partition coefficient (Wildman–Crippen LogP) is 1.13. The molecule has 0 radical (unpaired) electrons. The van der Waals surface area contributed by atoms with Gasteiger partial charge in [0, 0.05) is 19.2 Å². The van der Waals surface area contributed by atoms with E-state index in [9.17, 15) is 4.79 Å². The van der Waals surface area contributed by atoms with Crippen molar-refractivity contribution in [3.63, 3.8) is 0 Å². The molecule has 1 aliphatic carbocycles. The van der Waals surface area contributed by atoms with Gasteiger partial charge >= 0.3 is 0 Å². The summed E-state index contributed by atoms with van der Waals surface area (Å²) < 4.78 is 1.96. The van der Waals surface area contributed by atoms with Gasteiger partial charge in [-0.2, -0.15) is 0 Å². The highest BCUT2D eigenvalue weighted by molar-refractivity contribution is 7.98. The highest BCUT2D eigenvalue weighted by Crippen LogP contribution is 2.35. The lowest BCUT2D eigenvalue weighted by molar-refractivity contribution is 0.102. The van der Waals surface area contributed by atoms with Crippen LogP contribution in [-0.4, -0.2) is 28.9 Å². The number of aromatic nitrogens is 1. The number of aliphatic imine (C=N–C) groups is 1. The lowest BCUT2D eigenvalue weighted by Gasteiger charge is -2.17. The van der Waals surface area contributed by atoms with Crippen molar-refractivity contribution in [2.75, 3.05) is 12.8 Å². The standard InChI is InChI=1S/C12H13N3OS/c1-15-10-9-6(12(15)17-2)3-4-14-8(9)5-7(13)11(10)16/h5H,3-4,13H2,1-2H3. The number of thioether (sulfide) groups is 1. The van der Waals surface area contributed by atoms with Crippen LogP contribution in [0.5, 0.6) is 0 Å². The van der Waals surface area contributed by atoms with Crippen LogP contribution in [0.4, 0.5) is 0 Å². The third-order valence-corrected chi connectivity index (χ3v) is 4.21. The van der Waals surface area contributed by atoms with E-state index in [2.05, 4.69) is 4.99 Å². The number of carbonyl (C=O) groups is 1. The Bertz CT molecular complexity index is 595. The molecule has 17 heavy (non-hydrogen) atoms. The van der Waals surface area contributed by atoms with Gasteiger partial charge in [-0.25, -0.2) is 0 Å². The number of ketones is 1. The Morgan fingerprint density at radius 2 is 2.29 bits per heavy atom. The first-order valence-electron chi connectivity index (χ1n) is 5.47. The van der Waals surface area contributed by atoms with E-state index in [-0.39, 0.29) is 11.5 Å². The summed E-state index contributed by atoms with van der Waals surface area (Å²) in [5.74, 6) is -0.0788. The van der Waals surface area contributed by atoms with Gasteiger partial charge in [0.2, 0.25) is 5.78 Å². The van der Waals surface area contributed by atoms with Crippen LogP contribution in [0.3, 0.4) is 0 Å². The van der Waals surface area contributed by atoms with E-state index in [1.165, 1.54) is 5.56 Å². The summed E-state index contributed by atoms with van der Waals surface area (Å²) in [4.78, 5) is 16.6. The second-order valence-electron chi connectivity index (χ2n) is 4.22. The van der Waals surface area contributed by atoms with Crippen LogP contribution < -0.4 is 5.73 Å². The van der Waals surface area contributed by atoms with Crippen molar-refractivity contribution < 1.29 is 4.79 Å². The first-order chi connectivity index (χ1) is 8.15. The predicted molar refractivity (Wildman–Crippen MR) is 68.9 cm³/mol. The summed E-state index contributed by atoms with van der Waals surface area (Å²) in [6.07, 6.45) is 4.64. The molecule has 0 fully saturated rings. The summed E-state index contributed by atoms with van der Waals surface area (Å²) >= 11 is 1.67. The second-order valence-corrected chi connectivity index (χ2v) is 5.01. The number of nitrogens with zero attached hydrogens (tertiary/aromatic N) is 2. The number of carbonyl (C=O) groups excluding carboxylic acids is 1. The van der Waals surface area contributed by atoms with E-state index in [1.54, 1.807) is 17.8 Å². The van der Waals surface area contributed by atoms with Crippen LogP contribution in [-0.2, 0) is 13.5 Å². The number of nitrogens with two attached hydrogens (primary N) is 1. The molecule has 5 heteroatoms. The van der Waals surface area contributed by atoms with E-state index in [1.807, 2.05) is 17.9 Å². The Kier molecular flexibility index (Phi) is 2.19. The fourth-order valence-electron chi connectivity index (χ4n) is 2.59. The first kappa shape index (κ1) is 10.7. The normalized spacial score (nSPS) is 17.6. The zero-order valence-corrected chi connectivity index (χ0v) is 10.6. The Morgan fingerprint density at radius 3 is 3.00 bits per heavy atom. The smallest absolute Gasteiger partial charge is 0.225 e. The number of rotatable bonds is 1. The lowest BCUT2D eigenvalue weighted by Crippen LogP contribution is -2.25. The Balaban J connectivity index is 2.38. The molecule has 1 aromatic rings. The van der Waals surface area contributed by atoms with Gasteiger partial charge in [0.15, 0.2) is 0 Å². The third-order valence-electron chi connectivity index (χ3n) is 3.30. The molecule has 2 N–H and O–H groups in total. The maximum atomic E-state index is 12.1. The molecule has 88 valence electrons. The van der Waals surface area contributed by atoms with E-state index < -0.39 is 0 Å². The van der Waals surface area contributed by atoms with E-state index in [4.69, 9.17) is 5.73 Å². The SMILES string of the molecule is CSc1c2c3c(n1C)C(=O)C(N)=CC3=NCC2. The molecule has 2 aliphatic rings. The first-order valence-corrected chi connectivity index (χ1v) is 6.70. The lowest BCUT2D eigenvalue weighted by atomic mass is 9.92. The number of Topliss-reactive ketones (excluding diaryl/α,β-unsaturated/α-hetero) is 1. The average Bonchev–Trinajstić information content (AvgIpc) is 2.60. The highest BCUT2D eigenvalue weighted by atomic mass is 32.2. The minimum atomic E-state index is -0.0788. The van der Waals surface area contributed by atoms with Crippen LogP contribution in [0.2, 0.25) is 0 Å².